The van der Waals surface area contributed by atoms with Crippen molar-refractivity contribution in [3.63, 3.8) is 0 Å². The number of esters is 1. The number of urea groups is 1. The molecule has 1 heterocycles. The van der Waals surface area contributed by atoms with Crippen molar-refractivity contribution in [2.24, 2.45) is 11.0 Å². The van der Waals surface area contributed by atoms with Gasteiger partial charge in [-0.3, -0.25) is 0 Å². The first kappa shape index (κ1) is 23.3. The van der Waals surface area contributed by atoms with Crippen LogP contribution >= 0.6 is 11.6 Å². The molecule has 0 saturated heterocycles. The molecule has 0 aromatic heterocycles. The number of ether oxygens (including phenoxy) is 1. The number of benzene rings is 2. The Labute approximate surface area is 192 Å². The highest BCUT2D eigenvalue weighted by molar-refractivity contribution is 6.30. The van der Waals surface area contributed by atoms with Crippen LogP contribution in [0.25, 0.3) is 0 Å². The van der Waals surface area contributed by atoms with E-state index in [2.05, 4.69) is 16.5 Å². The Hall–Kier alpha value is -3.37. The summed E-state index contributed by atoms with van der Waals surface area (Å²) < 4.78 is 5.17. The van der Waals surface area contributed by atoms with Gasteiger partial charge in [-0.25, -0.2) is 14.6 Å². The van der Waals surface area contributed by atoms with Gasteiger partial charge in [0.15, 0.2) is 0 Å². The predicted octanol–water partition coefficient (Wildman–Crippen LogP) is 5.47. The molecule has 0 fully saturated rings. The molecular formula is C24H25ClN4O3. The monoisotopic (exact) mass is 452 g/mol. The van der Waals surface area contributed by atoms with Gasteiger partial charge in [0.25, 0.3) is 0 Å². The lowest BCUT2D eigenvalue weighted by molar-refractivity contribution is 0.0378. The second kappa shape index (κ2) is 10.8. The molecule has 1 unspecified atom stereocenters. The first-order chi connectivity index (χ1) is 15.4. The van der Waals surface area contributed by atoms with Gasteiger partial charge in [0.05, 0.1) is 30.0 Å². The fraction of sp³-hybridized carbons (Fsp3) is 0.333. The van der Waals surface area contributed by atoms with Crippen LogP contribution in [-0.4, -0.2) is 35.4 Å². The van der Waals surface area contributed by atoms with Gasteiger partial charge >= 0.3 is 12.0 Å². The number of nitriles is 1. The van der Waals surface area contributed by atoms with Crippen LogP contribution < -0.4 is 5.32 Å². The summed E-state index contributed by atoms with van der Waals surface area (Å²) in [6, 6.07) is 15.7. The van der Waals surface area contributed by atoms with Crippen LogP contribution in [0.5, 0.6) is 0 Å². The summed E-state index contributed by atoms with van der Waals surface area (Å²) >= 11 is 6.00. The number of nitrogens with one attached hydrogen (secondary N) is 1. The maximum Gasteiger partial charge on any atom is 0.342 e. The van der Waals surface area contributed by atoms with Gasteiger partial charge in [0, 0.05) is 23.0 Å². The minimum atomic E-state index is -0.408. The summed E-state index contributed by atoms with van der Waals surface area (Å²) in [6.07, 6.45) is 1.75. The molecule has 1 N–H and O–H groups in total. The van der Waals surface area contributed by atoms with E-state index >= 15 is 0 Å². The van der Waals surface area contributed by atoms with Crippen LogP contribution in [0.2, 0.25) is 5.02 Å². The number of unbranched alkanes of at least 4 members (excludes halogenated alkanes) is 1. The number of anilines is 1. The van der Waals surface area contributed by atoms with Gasteiger partial charge < -0.3 is 10.1 Å². The van der Waals surface area contributed by atoms with E-state index in [9.17, 15) is 9.59 Å². The van der Waals surface area contributed by atoms with E-state index in [0.717, 1.165) is 24.1 Å². The first-order valence-corrected chi connectivity index (χ1v) is 10.9. The largest absolute Gasteiger partial charge is 0.459 e. The minimum absolute atomic E-state index is 0.0310. The Balaban J connectivity index is 1.70. The Morgan fingerprint density at radius 1 is 1.22 bits per heavy atom. The molecule has 2 aromatic carbocycles. The SMILES string of the molecule is CC(C)OC(=O)c1ccc(NC(=O)N2CC(CCCC#N)C(c3ccc(Cl)cc3)=N2)cc1. The molecule has 1 aliphatic heterocycles. The molecule has 32 heavy (non-hydrogen) atoms. The minimum Gasteiger partial charge on any atom is -0.459 e. The highest BCUT2D eigenvalue weighted by Gasteiger charge is 2.30. The molecule has 2 aromatic rings. The maximum absolute atomic E-state index is 12.8. The van der Waals surface area contributed by atoms with Gasteiger partial charge in [-0.15, -0.1) is 0 Å². The molecule has 1 aliphatic rings. The van der Waals surface area contributed by atoms with E-state index in [1.807, 2.05) is 12.1 Å². The number of hydrogen-bond donors (Lipinski definition) is 1. The zero-order chi connectivity index (χ0) is 23.1. The van der Waals surface area contributed by atoms with Crippen molar-refractivity contribution in [1.29, 1.82) is 5.26 Å². The third-order valence-corrected chi connectivity index (χ3v) is 5.19. The fourth-order valence-corrected chi connectivity index (χ4v) is 3.53. The Morgan fingerprint density at radius 2 is 1.91 bits per heavy atom. The summed E-state index contributed by atoms with van der Waals surface area (Å²) in [4.78, 5) is 24.8. The van der Waals surface area contributed by atoms with Crippen molar-refractivity contribution in [3.05, 3.63) is 64.7 Å². The third-order valence-electron chi connectivity index (χ3n) is 4.94. The van der Waals surface area contributed by atoms with E-state index in [4.69, 9.17) is 21.6 Å². The molecule has 0 bridgehead atoms. The summed E-state index contributed by atoms with van der Waals surface area (Å²) in [7, 11) is 0. The van der Waals surface area contributed by atoms with E-state index in [-0.39, 0.29) is 18.1 Å². The lowest BCUT2D eigenvalue weighted by Gasteiger charge is -2.15. The second-order valence-corrected chi connectivity index (χ2v) is 8.22. The number of nitrogens with zero attached hydrogens (tertiary/aromatic N) is 3. The molecule has 166 valence electrons. The third kappa shape index (κ3) is 6.08. The molecule has 0 aliphatic carbocycles. The molecule has 0 spiro atoms. The molecule has 3 rings (SSSR count). The number of rotatable bonds is 7. The van der Waals surface area contributed by atoms with Gasteiger partial charge in [-0.05, 0) is 68.7 Å². The lowest BCUT2D eigenvalue weighted by Crippen LogP contribution is -2.30. The van der Waals surface area contributed by atoms with Crippen molar-refractivity contribution >= 4 is 35.0 Å². The number of hydrogen-bond acceptors (Lipinski definition) is 5. The van der Waals surface area contributed by atoms with Crippen LogP contribution in [0.4, 0.5) is 10.5 Å². The molecule has 7 nitrogen and oxygen atoms in total. The van der Waals surface area contributed by atoms with Crippen LogP contribution in [0.3, 0.4) is 0 Å². The summed E-state index contributed by atoms with van der Waals surface area (Å²) in [5, 5.41) is 18.3. The first-order valence-electron chi connectivity index (χ1n) is 10.5. The van der Waals surface area contributed by atoms with Crippen LogP contribution in [-0.2, 0) is 4.74 Å². The van der Waals surface area contributed by atoms with Crippen molar-refractivity contribution in [2.45, 2.75) is 39.2 Å². The Morgan fingerprint density at radius 3 is 2.53 bits per heavy atom. The van der Waals surface area contributed by atoms with Gasteiger partial charge in [0.1, 0.15) is 0 Å². The standard InChI is InChI=1S/C24H25ClN4O3/c1-16(2)32-23(30)18-8-12-21(13-9-18)27-24(31)29-15-19(5-3-4-14-26)22(28-29)17-6-10-20(25)11-7-17/h6-13,16,19H,3-5,15H2,1-2H3,(H,27,31). The molecule has 0 saturated carbocycles. The summed E-state index contributed by atoms with van der Waals surface area (Å²) in [6.45, 7) is 4.00. The van der Waals surface area contributed by atoms with E-state index in [0.29, 0.717) is 29.2 Å². The maximum atomic E-state index is 12.8. The van der Waals surface area contributed by atoms with Crippen LogP contribution in [0.15, 0.2) is 53.6 Å². The van der Waals surface area contributed by atoms with Crippen LogP contribution in [0, 0.1) is 17.2 Å². The van der Waals surface area contributed by atoms with Crippen LogP contribution in [0.1, 0.15) is 49.0 Å². The highest BCUT2D eigenvalue weighted by atomic mass is 35.5. The number of carbonyl (C=O) groups excluding carboxylic acids is 2. The molecule has 0 radical (unpaired) electrons. The van der Waals surface area contributed by atoms with Crippen molar-refractivity contribution in [2.75, 3.05) is 11.9 Å². The van der Waals surface area contributed by atoms with Crippen molar-refractivity contribution in [1.82, 2.24) is 5.01 Å². The number of hydrazone groups is 1. The quantitative estimate of drug-likeness (QED) is 0.445. The summed E-state index contributed by atoms with van der Waals surface area (Å²) in [5.74, 6) is -0.377. The van der Waals surface area contributed by atoms with Crippen molar-refractivity contribution < 1.29 is 14.3 Å². The number of amides is 2. The second-order valence-electron chi connectivity index (χ2n) is 7.78. The fourth-order valence-electron chi connectivity index (χ4n) is 3.41. The average molecular weight is 453 g/mol. The van der Waals surface area contributed by atoms with Gasteiger partial charge in [-0.2, -0.15) is 10.4 Å². The van der Waals surface area contributed by atoms with Crippen molar-refractivity contribution in [3.8, 4) is 6.07 Å². The zero-order valence-electron chi connectivity index (χ0n) is 18.0. The van der Waals surface area contributed by atoms with E-state index in [1.54, 1.807) is 50.2 Å². The van der Waals surface area contributed by atoms with Gasteiger partial charge in [0.2, 0.25) is 0 Å². The summed E-state index contributed by atoms with van der Waals surface area (Å²) in [5.41, 5.74) is 2.67. The Bertz CT molecular complexity index is 1030. The molecule has 1 atom stereocenters. The average Bonchev–Trinajstić information content (AvgIpc) is 3.19. The Kier molecular flexibility index (Phi) is 7.85. The normalized spacial score (nSPS) is 15.3. The topological polar surface area (TPSA) is 94.8 Å². The highest BCUT2D eigenvalue weighted by Crippen LogP contribution is 2.26. The number of carbonyl (C=O) groups is 2. The van der Waals surface area contributed by atoms with Gasteiger partial charge in [-0.1, -0.05) is 23.7 Å². The van der Waals surface area contributed by atoms with E-state index in [1.165, 1.54) is 5.01 Å². The lowest BCUT2D eigenvalue weighted by atomic mass is 9.93. The molecule has 2 amide bonds. The van der Waals surface area contributed by atoms with E-state index < -0.39 is 5.97 Å². The molecular weight excluding hydrogens is 428 g/mol. The zero-order valence-corrected chi connectivity index (χ0v) is 18.8. The molecule has 8 heteroatoms. The number of halogens is 1. The smallest absolute Gasteiger partial charge is 0.342 e. The predicted molar refractivity (Wildman–Crippen MR) is 124 cm³/mol.